The number of hydroxylamine groups is 1. The fraction of sp³-hybridized carbons (Fsp3) is 0.265. The van der Waals surface area contributed by atoms with Gasteiger partial charge in [0.25, 0.3) is 0 Å². The number of urea groups is 1. The molecule has 9 nitrogen and oxygen atoms in total. The molecule has 1 N–H and O–H groups in total. The van der Waals surface area contributed by atoms with E-state index < -0.39 is 6.17 Å². The predicted octanol–water partition coefficient (Wildman–Crippen LogP) is 8.40. The molecule has 12 heteroatoms. The van der Waals surface area contributed by atoms with Gasteiger partial charge in [0.1, 0.15) is 19.0 Å². The van der Waals surface area contributed by atoms with Crippen LogP contribution < -0.4 is 70.9 Å². The van der Waals surface area contributed by atoms with Crippen LogP contribution in [0.1, 0.15) is 68.8 Å². The molecule has 3 heterocycles. The van der Waals surface area contributed by atoms with Crippen molar-refractivity contribution in [2.45, 2.75) is 71.0 Å². The Balaban J connectivity index is 0.00000514. The first-order valence-corrected chi connectivity index (χ1v) is 21.1. The predicted molar refractivity (Wildman–Crippen MR) is 234 cm³/mol. The average molecular weight is 880 g/mol. The van der Waals surface area contributed by atoms with Crippen LogP contribution in [0.25, 0.3) is 16.6 Å². The first kappa shape index (κ1) is 43.7. The van der Waals surface area contributed by atoms with Crippen molar-refractivity contribution in [2.75, 3.05) is 13.2 Å². The minimum Gasteiger partial charge on any atom is -0.514 e. The van der Waals surface area contributed by atoms with Gasteiger partial charge in [0.15, 0.2) is 17.6 Å². The monoisotopic (exact) mass is 878 g/mol. The number of fused-ring (bicyclic) bond motifs is 3. The smallest absolute Gasteiger partial charge is 0.514 e. The first-order chi connectivity index (χ1) is 29.3. The Bertz CT molecular complexity index is 2520. The molecular weight excluding hydrogens is 835 g/mol. The number of hydrogen-bond donors (Lipinski definition) is 1. The zero-order valence-electron chi connectivity index (χ0n) is 34.5. The van der Waals surface area contributed by atoms with Gasteiger partial charge in [-0.05, 0) is 144 Å². The Morgan fingerprint density at radius 2 is 1.67 bits per heavy atom. The van der Waals surface area contributed by atoms with Crippen molar-refractivity contribution in [3.05, 3.63) is 181 Å². The molecule has 5 aromatic carbocycles. The van der Waals surface area contributed by atoms with Crippen molar-refractivity contribution in [1.82, 2.24) is 15.2 Å². The van der Waals surface area contributed by atoms with Gasteiger partial charge in [-0.3, -0.25) is 4.98 Å². The quantitative estimate of drug-likeness (QED) is 0.0799. The van der Waals surface area contributed by atoms with Crippen LogP contribution in [0.2, 0.25) is 10.0 Å². The van der Waals surface area contributed by atoms with E-state index in [1.54, 1.807) is 17.0 Å². The average Bonchev–Trinajstić information content (AvgIpc) is 3.68. The fourth-order valence-corrected chi connectivity index (χ4v) is 8.54. The molecule has 1 aliphatic carbocycles. The number of pyridine rings is 1. The third kappa shape index (κ3) is 9.99. The molecule has 9 rings (SSSR count). The van der Waals surface area contributed by atoms with E-state index in [1.807, 2.05) is 61.7 Å². The summed E-state index contributed by atoms with van der Waals surface area (Å²) < 4.78 is 18.8. The molecule has 0 radical (unpaired) electrons. The Morgan fingerprint density at radius 1 is 0.885 bits per heavy atom. The molecular formula is C49H45Cl2KN4O5. The van der Waals surface area contributed by atoms with E-state index >= 15 is 0 Å². The molecule has 2 aliphatic heterocycles. The molecule has 3 unspecified atom stereocenters. The number of carbonyl (C=O) groups excluding carboxylic acids is 1. The van der Waals surface area contributed by atoms with Gasteiger partial charge in [-0.2, -0.15) is 0 Å². The van der Waals surface area contributed by atoms with Crippen LogP contribution >= 0.6 is 23.2 Å². The molecule has 0 saturated heterocycles. The minimum atomic E-state index is -0.526. The maximum Gasteiger partial charge on any atom is 1.00 e. The van der Waals surface area contributed by atoms with Gasteiger partial charge in [0.05, 0.1) is 16.1 Å². The van der Waals surface area contributed by atoms with Crippen LogP contribution in [-0.2, 0) is 37.3 Å². The Kier molecular flexibility index (Phi) is 14.1. The number of halogens is 2. The second-order valence-electron chi connectivity index (χ2n) is 15.6. The van der Waals surface area contributed by atoms with E-state index in [0.29, 0.717) is 60.8 Å². The van der Waals surface area contributed by atoms with Gasteiger partial charge in [-0.25, -0.2) is 4.79 Å². The number of aryl methyl sites for hydroxylation is 2. The van der Waals surface area contributed by atoms with Crippen LogP contribution in [-0.4, -0.2) is 35.3 Å². The van der Waals surface area contributed by atoms with E-state index in [0.717, 1.165) is 57.7 Å². The number of benzene rings is 5. The zero-order valence-corrected chi connectivity index (χ0v) is 39.1. The standard InChI is InChI=1S/C49H45Cl2N4O5.K/c1-30-31(2)52-21-19-40(30)35-10-7-32(8-11-35)20-22-59-54-48-26-37-24-45-46(25-38(37)27-55(48)49(56)53-44-18-14-34-5-3-4-6-41(34)44)60-47(29-58-45)36-12-15-39(16-13-36)57-28-33-9-17-42(50)43(51)23-33;/h3-13,15-17,19,21,23-25,44,47-48H,14,18,20,22,26-29H2,1-2H3,(H,53,56);/q-1;+1. The molecule has 61 heavy (non-hydrogen) atoms. The molecule has 0 fully saturated rings. The van der Waals surface area contributed by atoms with Crippen molar-refractivity contribution < 1.29 is 75.2 Å². The number of aromatic nitrogens is 1. The van der Waals surface area contributed by atoms with E-state index in [2.05, 4.69) is 71.2 Å². The van der Waals surface area contributed by atoms with Crippen molar-refractivity contribution in [3.8, 4) is 28.4 Å². The van der Waals surface area contributed by atoms with Gasteiger partial charge in [0.2, 0.25) is 0 Å². The summed E-state index contributed by atoms with van der Waals surface area (Å²) in [6.45, 7) is 5.58. The second-order valence-corrected chi connectivity index (χ2v) is 16.4. The summed E-state index contributed by atoms with van der Waals surface area (Å²) in [5.74, 6) is 2.04. The van der Waals surface area contributed by atoms with Crippen LogP contribution in [0.5, 0.6) is 17.2 Å². The summed E-state index contributed by atoms with van der Waals surface area (Å²) >= 11 is 12.2. The van der Waals surface area contributed by atoms with Crippen molar-refractivity contribution in [2.24, 2.45) is 0 Å². The molecule has 306 valence electrons. The van der Waals surface area contributed by atoms with Gasteiger partial charge in [-0.15, -0.1) is 0 Å². The van der Waals surface area contributed by atoms with Crippen LogP contribution in [0.3, 0.4) is 0 Å². The molecule has 0 spiro atoms. The van der Waals surface area contributed by atoms with Crippen molar-refractivity contribution in [1.29, 1.82) is 0 Å². The molecule has 0 bridgehead atoms. The number of carbonyl (C=O) groups is 1. The van der Waals surface area contributed by atoms with E-state index in [9.17, 15) is 4.79 Å². The third-order valence-electron chi connectivity index (χ3n) is 11.8. The third-order valence-corrected chi connectivity index (χ3v) is 12.5. The van der Waals surface area contributed by atoms with E-state index in [1.165, 1.54) is 22.3 Å². The maximum absolute atomic E-state index is 14.2. The van der Waals surface area contributed by atoms with Crippen LogP contribution in [0.4, 0.5) is 4.79 Å². The largest absolute Gasteiger partial charge is 1.00 e. The molecule has 3 atom stereocenters. The Hall–Kier alpha value is -3.94. The van der Waals surface area contributed by atoms with E-state index in [4.69, 9.17) is 42.3 Å². The second kappa shape index (κ2) is 19.6. The maximum atomic E-state index is 14.2. The normalized spacial score (nSPS) is 17.5. The Morgan fingerprint density at radius 3 is 2.49 bits per heavy atom. The topological polar surface area (TPSA) is 96.3 Å². The molecule has 0 saturated carbocycles. The van der Waals surface area contributed by atoms with Gasteiger partial charge in [0, 0.05) is 25.0 Å². The summed E-state index contributed by atoms with van der Waals surface area (Å²) in [7, 11) is 0. The van der Waals surface area contributed by atoms with Crippen LogP contribution in [0, 0.1) is 13.8 Å². The van der Waals surface area contributed by atoms with Gasteiger partial charge >= 0.3 is 57.4 Å². The number of ether oxygens (including phenoxy) is 3. The summed E-state index contributed by atoms with van der Waals surface area (Å²) in [5.41, 5.74) is 16.7. The number of nitrogens with one attached hydrogen (secondary N) is 1. The first-order valence-electron chi connectivity index (χ1n) is 20.4. The van der Waals surface area contributed by atoms with Crippen molar-refractivity contribution in [3.63, 3.8) is 0 Å². The van der Waals surface area contributed by atoms with Crippen molar-refractivity contribution >= 4 is 29.2 Å². The van der Waals surface area contributed by atoms with E-state index in [-0.39, 0.29) is 69.6 Å². The fourth-order valence-electron chi connectivity index (χ4n) is 8.22. The zero-order chi connectivity index (χ0) is 41.2. The van der Waals surface area contributed by atoms with Gasteiger partial charge in [-0.1, -0.05) is 89.9 Å². The minimum absolute atomic E-state index is 0. The molecule has 3 aliphatic rings. The molecule has 2 amide bonds. The molecule has 6 aromatic rings. The number of rotatable bonds is 11. The van der Waals surface area contributed by atoms with Crippen LogP contribution in [0.15, 0.2) is 115 Å². The summed E-state index contributed by atoms with van der Waals surface area (Å²) in [5, 5.41) is 4.32. The number of amides is 2. The summed E-state index contributed by atoms with van der Waals surface area (Å²) in [6, 6.07) is 36.0. The SMILES string of the molecule is Cc1nccc(-c2ccc(CCO[N-]C3Cc4cc5c(cc4CN3C(=O)NC3CCc4ccccc43)OC(c3ccc(OCc4ccc(Cl)c(Cl)c4)cc3)CO5)cc2)c1C.[K+]. The number of hydrogen-bond acceptors (Lipinski definition) is 6. The van der Waals surface area contributed by atoms with Gasteiger partial charge < -0.3 is 34.7 Å². The summed E-state index contributed by atoms with van der Waals surface area (Å²) in [4.78, 5) is 26.3. The Labute approximate surface area is 409 Å². The summed E-state index contributed by atoms with van der Waals surface area (Å²) in [6.07, 6.45) is 3.96. The number of nitrogens with zero attached hydrogens (tertiary/aromatic N) is 3. The molecule has 1 aromatic heterocycles.